The van der Waals surface area contributed by atoms with Gasteiger partial charge in [-0.3, -0.25) is 19.2 Å². The maximum absolute atomic E-state index is 12.4. The number of carbonyl (C=O) groups excluding carboxylic acids is 4. The summed E-state index contributed by atoms with van der Waals surface area (Å²) in [4.78, 5) is 59.6. The number of nitrogens with one attached hydrogen (secondary N) is 3. The van der Waals surface area contributed by atoms with E-state index in [4.69, 9.17) is 11.5 Å². The molecule has 0 aliphatic rings. The first-order chi connectivity index (χ1) is 15.0. The SMILES string of the molecule is CCC(C)C(NC(=O)CNC(=O)C(CC(N)=O)NC(=O)C(N)Cc1ccccc1)C(=O)O. The standard InChI is InChI=1S/C21H31N5O6/c1-3-12(2)18(21(31)32)26-17(28)11-24-20(30)15(10-16(23)27)25-19(29)14(22)9-13-7-5-4-6-8-13/h4-8,12,14-15,18H,3,9-11,22H2,1-2H3,(H2,23,27)(H,24,30)(H,25,29)(H,26,28)(H,31,32). The number of carbonyl (C=O) groups is 5. The van der Waals surface area contributed by atoms with Crippen LogP contribution in [0.2, 0.25) is 0 Å². The minimum atomic E-state index is -1.33. The average molecular weight is 450 g/mol. The number of primary amides is 1. The van der Waals surface area contributed by atoms with Crippen LogP contribution >= 0.6 is 0 Å². The maximum Gasteiger partial charge on any atom is 0.326 e. The number of aliphatic carboxylic acids is 1. The third-order valence-corrected chi connectivity index (χ3v) is 4.89. The van der Waals surface area contributed by atoms with E-state index >= 15 is 0 Å². The summed E-state index contributed by atoms with van der Waals surface area (Å²) in [5.74, 6) is -4.56. The van der Waals surface area contributed by atoms with Crippen molar-refractivity contribution < 1.29 is 29.1 Å². The fraction of sp³-hybridized carbons (Fsp3) is 0.476. The van der Waals surface area contributed by atoms with E-state index in [2.05, 4.69) is 16.0 Å². The van der Waals surface area contributed by atoms with E-state index in [1.54, 1.807) is 38.1 Å². The zero-order valence-corrected chi connectivity index (χ0v) is 18.2. The van der Waals surface area contributed by atoms with E-state index < -0.39 is 60.7 Å². The first-order valence-corrected chi connectivity index (χ1v) is 10.2. The number of hydrogen-bond acceptors (Lipinski definition) is 6. The predicted octanol–water partition coefficient (Wildman–Crippen LogP) is -1.35. The highest BCUT2D eigenvalue weighted by Gasteiger charge is 2.28. The van der Waals surface area contributed by atoms with E-state index in [-0.39, 0.29) is 12.3 Å². The third kappa shape index (κ3) is 9.13. The van der Waals surface area contributed by atoms with Gasteiger partial charge in [0.1, 0.15) is 12.1 Å². The molecule has 8 N–H and O–H groups in total. The molecule has 0 aliphatic heterocycles. The number of carboxylic acids is 1. The molecule has 0 radical (unpaired) electrons. The summed E-state index contributed by atoms with van der Waals surface area (Å²) in [6.07, 6.45) is 0.244. The van der Waals surface area contributed by atoms with Crippen LogP contribution in [-0.2, 0) is 30.4 Å². The van der Waals surface area contributed by atoms with Gasteiger partial charge >= 0.3 is 5.97 Å². The second kappa shape index (κ2) is 13.1. The first kappa shape index (κ1) is 26.6. The van der Waals surface area contributed by atoms with Crippen LogP contribution in [0.15, 0.2) is 30.3 Å². The Morgan fingerprint density at radius 1 is 1.03 bits per heavy atom. The van der Waals surface area contributed by atoms with Crippen molar-refractivity contribution in [1.29, 1.82) is 0 Å². The quantitative estimate of drug-likeness (QED) is 0.214. The topological polar surface area (TPSA) is 194 Å². The molecular formula is C21H31N5O6. The zero-order chi connectivity index (χ0) is 24.3. The van der Waals surface area contributed by atoms with Gasteiger partial charge in [0.15, 0.2) is 0 Å². The molecule has 0 fully saturated rings. The Kier molecular flexibility index (Phi) is 10.8. The predicted molar refractivity (Wildman–Crippen MR) is 116 cm³/mol. The van der Waals surface area contributed by atoms with Crippen molar-refractivity contribution in [2.75, 3.05) is 6.54 Å². The number of benzene rings is 1. The highest BCUT2D eigenvalue weighted by atomic mass is 16.4. The van der Waals surface area contributed by atoms with Gasteiger partial charge in [0.2, 0.25) is 23.6 Å². The van der Waals surface area contributed by atoms with Crippen LogP contribution in [0.4, 0.5) is 0 Å². The second-order valence-corrected chi connectivity index (χ2v) is 7.51. The largest absolute Gasteiger partial charge is 0.480 e. The first-order valence-electron chi connectivity index (χ1n) is 10.2. The van der Waals surface area contributed by atoms with Crippen LogP contribution in [0.1, 0.15) is 32.3 Å². The van der Waals surface area contributed by atoms with Crippen molar-refractivity contribution in [3.8, 4) is 0 Å². The highest BCUT2D eigenvalue weighted by molar-refractivity contribution is 5.95. The van der Waals surface area contributed by atoms with Gasteiger partial charge in [-0.15, -0.1) is 0 Å². The van der Waals surface area contributed by atoms with E-state index in [1.165, 1.54) is 0 Å². The molecule has 176 valence electrons. The van der Waals surface area contributed by atoms with E-state index in [1.807, 2.05) is 6.07 Å². The second-order valence-electron chi connectivity index (χ2n) is 7.51. The molecule has 11 nitrogen and oxygen atoms in total. The Morgan fingerprint density at radius 2 is 1.66 bits per heavy atom. The molecule has 0 bridgehead atoms. The Labute approximate surface area is 186 Å². The molecule has 4 amide bonds. The third-order valence-electron chi connectivity index (χ3n) is 4.89. The van der Waals surface area contributed by atoms with Crippen LogP contribution in [0.5, 0.6) is 0 Å². The lowest BCUT2D eigenvalue weighted by Gasteiger charge is -2.21. The summed E-state index contributed by atoms with van der Waals surface area (Å²) in [5, 5.41) is 16.2. The number of rotatable bonds is 13. The Morgan fingerprint density at radius 3 is 2.19 bits per heavy atom. The summed E-state index contributed by atoms with van der Waals surface area (Å²) in [5.41, 5.74) is 11.9. The lowest BCUT2D eigenvalue weighted by atomic mass is 9.99. The molecule has 0 heterocycles. The zero-order valence-electron chi connectivity index (χ0n) is 18.2. The number of amides is 4. The molecule has 0 spiro atoms. The van der Waals surface area contributed by atoms with Crippen molar-refractivity contribution in [3.05, 3.63) is 35.9 Å². The Balaban J connectivity index is 2.69. The molecule has 4 atom stereocenters. The lowest BCUT2D eigenvalue weighted by Crippen LogP contribution is -2.55. The van der Waals surface area contributed by atoms with Crippen LogP contribution < -0.4 is 27.4 Å². The molecule has 1 aromatic carbocycles. The highest BCUT2D eigenvalue weighted by Crippen LogP contribution is 2.07. The van der Waals surface area contributed by atoms with Crippen LogP contribution in [0, 0.1) is 5.92 Å². The molecule has 0 aliphatic carbocycles. The number of hydrogen-bond donors (Lipinski definition) is 6. The van der Waals surface area contributed by atoms with E-state index in [0.717, 1.165) is 5.56 Å². The van der Waals surface area contributed by atoms with Gasteiger partial charge in [-0.1, -0.05) is 50.6 Å². The fourth-order valence-electron chi connectivity index (χ4n) is 2.85. The molecule has 4 unspecified atom stereocenters. The van der Waals surface area contributed by atoms with Gasteiger partial charge in [0.25, 0.3) is 0 Å². The Hall–Kier alpha value is -3.47. The summed E-state index contributed by atoms with van der Waals surface area (Å²) in [6, 6.07) is 5.58. The molecule has 0 saturated carbocycles. The Bertz CT molecular complexity index is 816. The molecular weight excluding hydrogens is 418 g/mol. The smallest absolute Gasteiger partial charge is 0.326 e. The van der Waals surface area contributed by atoms with Crippen molar-refractivity contribution >= 4 is 29.6 Å². The molecule has 1 aromatic rings. The average Bonchev–Trinajstić information content (AvgIpc) is 2.74. The van der Waals surface area contributed by atoms with Crippen LogP contribution in [-0.4, -0.2) is 59.4 Å². The lowest BCUT2D eigenvalue weighted by molar-refractivity contribution is -0.143. The van der Waals surface area contributed by atoms with Crippen molar-refractivity contribution in [1.82, 2.24) is 16.0 Å². The summed E-state index contributed by atoms with van der Waals surface area (Å²) in [7, 11) is 0. The molecule has 1 rings (SSSR count). The number of nitrogens with two attached hydrogens (primary N) is 2. The van der Waals surface area contributed by atoms with Crippen molar-refractivity contribution in [3.63, 3.8) is 0 Å². The van der Waals surface area contributed by atoms with Crippen molar-refractivity contribution in [2.24, 2.45) is 17.4 Å². The molecule has 0 saturated heterocycles. The van der Waals surface area contributed by atoms with Gasteiger partial charge in [-0.2, -0.15) is 0 Å². The maximum atomic E-state index is 12.4. The summed E-state index contributed by atoms with van der Waals surface area (Å²) >= 11 is 0. The van der Waals surface area contributed by atoms with Crippen LogP contribution in [0.3, 0.4) is 0 Å². The van der Waals surface area contributed by atoms with Gasteiger partial charge in [0.05, 0.1) is 19.0 Å². The van der Waals surface area contributed by atoms with Crippen LogP contribution in [0.25, 0.3) is 0 Å². The van der Waals surface area contributed by atoms with Gasteiger partial charge in [0, 0.05) is 0 Å². The van der Waals surface area contributed by atoms with Gasteiger partial charge in [-0.05, 0) is 17.9 Å². The molecule has 0 aromatic heterocycles. The normalized spacial score (nSPS) is 14.3. The summed E-state index contributed by atoms with van der Waals surface area (Å²) in [6.45, 7) is 2.92. The minimum absolute atomic E-state index is 0.214. The molecule has 11 heteroatoms. The fourth-order valence-corrected chi connectivity index (χ4v) is 2.85. The molecule has 32 heavy (non-hydrogen) atoms. The van der Waals surface area contributed by atoms with Gasteiger partial charge < -0.3 is 32.5 Å². The van der Waals surface area contributed by atoms with Crippen molar-refractivity contribution in [2.45, 2.75) is 51.2 Å². The van der Waals surface area contributed by atoms with Gasteiger partial charge in [-0.25, -0.2) is 4.79 Å². The summed E-state index contributed by atoms with van der Waals surface area (Å²) < 4.78 is 0. The van der Waals surface area contributed by atoms with E-state index in [9.17, 15) is 29.1 Å². The minimum Gasteiger partial charge on any atom is -0.480 e. The van der Waals surface area contributed by atoms with E-state index in [0.29, 0.717) is 6.42 Å². The monoisotopic (exact) mass is 449 g/mol. The number of carboxylic acid groups (broad SMARTS) is 1.